The lowest BCUT2D eigenvalue weighted by molar-refractivity contribution is 0.141. The predicted octanol–water partition coefficient (Wildman–Crippen LogP) is 2.65. The van der Waals surface area contributed by atoms with Crippen LogP contribution in [-0.2, 0) is 4.74 Å². The van der Waals surface area contributed by atoms with Crippen molar-refractivity contribution in [2.45, 2.75) is 12.5 Å². The normalized spacial score (nSPS) is 21.1. The molecule has 0 saturated carbocycles. The Bertz CT molecular complexity index is 324. The van der Waals surface area contributed by atoms with E-state index in [1.807, 2.05) is 0 Å². The van der Waals surface area contributed by atoms with E-state index in [0.717, 1.165) is 6.42 Å². The highest BCUT2D eigenvalue weighted by Gasteiger charge is 2.18. The number of rotatable bonds is 2. The van der Waals surface area contributed by atoms with Crippen molar-refractivity contribution in [1.29, 1.82) is 0 Å². The molecule has 0 radical (unpaired) electrons. The molecule has 1 aliphatic heterocycles. The van der Waals surface area contributed by atoms with Gasteiger partial charge in [-0.3, -0.25) is 0 Å². The van der Waals surface area contributed by atoms with Crippen molar-refractivity contribution < 1.29 is 13.9 Å². The predicted molar refractivity (Wildman–Crippen MR) is 51.3 cm³/mol. The molecule has 1 aliphatic rings. The van der Waals surface area contributed by atoms with Crippen molar-refractivity contribution in [2.75, 3.05) is 13.2 Å². The first-order valence-electron chi connectivity index (χ1n) is 4.45. The minimum Gasteiger partial charge on any atom is -0.486 e. The van der Waals surface area contributed by atoms with Crippen LogP contribution < -0.4 is 4.74 Å². The minimum atomic E-state index is -0.356. The molecule has 1 aromatic carbocycles. The molecule has 1 saturated heterocycles. The lowest BCUT2D eigenvalue weighted by Crippen LogP contribution is -2.15. The van der Waals surface area contributed by atoms with Gasteiger partial charge in [-0.05, 0) is 18.2 Å². The van der Waals surface area contributed by atoms with Crippen molar-refractivity contribution in [3.63, 3.8) is 0 Å². The van der Waals surface area contributed by atoms with Crippen LogP contribution in [0.25, 0.3) is 0 Å². The van der Waals surface area contributed by atoms with Gasteiger partial charge in [0.05, 0.1) is 18.2 Å². The van der Waals surface area contributed by atoms with E-state index in [-0.39, 0.29) is 11.9 Å². The van der Waals surface area contributed by atoms with Gasteiger partial charge >= 0.3 is 0 Å². The van der Waals surface area contributed by atoms with Gasteiger partial charge < -0.3 is 9.47 Å². The van der Waals surface area contributed by atoms with Crippen LogP contribution in [0.15, 0.2) is 18.2 Å². The SMILES string of the molecule is Fc1ccc(OC2CCOC2)c(Cl)c1. The van der Waals surface area contributed by atoms with E-state index in [4.69, 9.17) is 21.1 Å². The lowest BCUT2D eigenvalue weighted by atomic mass is 10.3. The van der Waals surface area contributed by atoms with Crippen molar-refractivity contribution in [3.8, 4) is 5.75 Å². The highest BCUT2D eigenvalue weighted by Crippen LogP contribution is 2.27. The van der Waals surface area contributed by atoms with Gasteiger partial charge in [0.1, 0.15) is 17.7 Å². The van der Waals surface area contributed by atoms with E-state index in [1.54, 1.807) is 0 Å². The molecule has 2 nitrogen and oxygen atoms in total. The van der Waals surface area contributed by atoms with Crippen LogP contribution in [0.1, 0.15) is 6.42 Å². The van der Waals surface area contributed by atoms with E-state index < -0.39 is 0 Å². The summed E-state index contributed by atoms with van der Waals surface area (Å²) in [5.74, 6) is 0.161. The van der Waals surface area contributed by atoms with Gasteiger partial charge in [0.15, 0.2) is 0 Å². The Morgan fingerprint density at radius 1 is 1.50 bits per heavy atom. The van der Waals surface area contributed by atoms with Crippen LogP contribution in [0.4, 0.5) is 4.39 Å². The fourth-order valence-corrected chi connectivity index (χ4v) is 1.57. The van der Waals surface area contributed by atoms with Crippen molar-refractivity contribution in [2.24, 2.45) is 0 Å². The number of ether oxygens (including phenoxy) is 2. The fourth-order valence-electron chi connectivity index (χ4n) is 1.36. The molecule has 0 aromatic heterocycles. The Kier molecular flexibility index (Phi) is 2.89. The standard InChI is InChI=1S/C10H10ClFO2/c11-9-5-7(12)1-2-10(9)14-8-3-4-13-6-8/h1-2,5,8H,3-4,6H2. The smallest absolute Gasteiger partial charge is 0.138 e. The Hall–Kier alpha value is -0.800. The quantitative estimate of drug-likeness (QED) is 0.757. The molecular formula is C10H10ClFO2. The van der Waals surface area contributed by atoms with Gasteiger partial charge in [-0.1, -0.05) is 11.6 Å². The van der Waals surface area contributed by atoms with Crippen molar-refractivity contribution >= 4 is 11.6 Å². The zero-order chi connectivity index (χ0) is 9.97. The first-order chi connectivity index (χ1) is 6.75. The summed E-state index contributed by atoms with van der Waals surface area (Å²) in [6, 6.07) is 4.11. The summed E-state index contributed by atoms with van der Waals surface area (Å²) in [5.41, 5.74) is 0. The second-order valence-electron chi connectivity index (χ2n) is 3.18. The van der Waals surface area contributed by atoms with Crippen LogP contribution in [0.5, 0.6) is 5.75 Å². The van der Waals surface area contributed by atoms with E-state index in [0.29, 0.717) is 24.0 Å². The summed E-state index contributed by atoms with van der Waals surface area (Å²) in [5, 5.41) is 0.303. The van der Waals surface area contributed by atoms with E-state index in [2.05, 4.69) is 0 Å². The van der Waals surface area contributed by atoms with Crippen LogP contribution in [0, 0.1) is 5.82 Å². The van der Waals surface area contributed by atoms with Gasteiger partial charge in [0.25, 0.3) is 0 Å². The molecule has 76 valence electrons. The molecule has 4 heteroatoms. The fraction of sp³-hybridized carbons (Fsp3) is 0.400. The molecule has 14 heavy (non-hydrogen) atoms. The third-order valence-corrected chi connectivity index (χ3v) is 2.37. The van der Waals surface area contributed by atoms with Crippen LogP contribution in [0.3, 0.4) is 0 Å². The minimum absolute atomic E-state index is 0.0398. The maximum Gasteiger partial charge on any atom is 0.138 e. The molecule has 1 heterocycles. The summed E-state index contributed by atoms with van der Waals surface area (Å²) in [6.45, 7) is 1.29. The average Bonchev–Trinajstić information content (AvgIpc) is 2.62. The maximum atomic E-state index is 12.7. The third-order valence-electron chi connectivity index (χ3n) is 2.08. The van der Waals surface area contributed by atoms with Gasteiger partial charge in [-0.25, -0.2) is 4.39 Å². The molecular weight excluding hydrogens is 207 g/mol. The molecule has 0 N–H and O–H groups in total. The van der Waals surface area contributed by atoms with Crippen LogP contribution in [0.2, 0.25) is 5.02 Å². The molecule has 0 aliphatic carbocycles. The van der Waals surface area contributed by atoms with Gasteiger partial charge in [-0.2, -0.15) is 0 Å². The number of benzene rings is 1. The first-order valence-corrected chi connectivity index (χ1v) is 4.83. The summed E-state index contributed by atoms with van der Waals surface area (Å²) >= 11 is 5.80. The molecule has 1 atom stereocenters. The molecule has 0 spiro atoms. The summed E-state index contributed by atoms with van der Waals surface area (Å²) in [6.07, 6.45) is 0.895. The molecule has 2 rings (SSSR count). The molecule has 1 unspecified atom stereocenters. The molecule has 1 fully saturated rings. The highest BCUT2D eigenvalue weighted by molar-refractivity contribution is 6.32. The second-order valence-corrected chi connectivity index (χ2v) is 3.59. The summed E-state index contributed by atoms with van der Waals surface area (Å²) < 4.78 is 23.4. The largest absolute Gasteiger partial charge is 0.486 e. The van der Waals surface area contributed by atoms with E-state index in [9.17, 15) is 4.39 Å². The van der Waals surface area contributed by atoms with Crippen molar-refractivity contribution in [1.82, 2.24) is 0 Å². The number of hydrogen-bond acceptors (Lipinski definition) is 2. The molecule has 0 bridgehead atoms. The summed E-state index contributed by atoms with van der Waals surface area (Å²) in [4.78, 5) is 0. The number of hydrogen-bond donors (Lipinski definition) is 0. The third kappa shape index (κ3) is 2.16. The van der Waals surface area contributed by atoms with E-state index in [1.165, 1.54) is 18.2 Å². The van der Waals surface area contributed by atoms with Gasteiger partial charge in [0.2, 0.25) is 0 Å². The maximum absolute atomic E-state index is 12.7. The topological polar surface area (TPSA) is 18.5 Å². The first kappa shape index (κ1) is 9.74. The zero-order valence-electron chi connectivity index (χ0n) is 7.50. The van der Waals surface area contributed by atoms with Crippen LogP contribution >= 0.6 is 11.6 Å². The Morgan fingerprint density at radius 3 is 3.00 bits per heavy atom. The van der Waals surface area contributed by atoms with E-state index >= 15 is 0 Å². The second kappa shape index (κ2) is 4.15. The van der Waals surface area contributed by atoms with Gasteiger partial charge in [-0.15, -0.1) is 0 Å². The lowest BCUT2D eigenvalue weighted by Gasteiger charge is -2.12. The highest BCUT2D eigenvalue weighted by atomic mass is 35.5. The Morgan fingerprint density at radius 2 is 2.36 bits per heavy atom. The zero-order valence-corrected chi connectivity index (χ0v) is 8.26. The number of halogens is 2. The van der Waals surface area contributed by atoms with Crippen molar-refractivity contribution in [3.05, 3.63) is 29.0 Å². The van der Waals surface area contributed by atoms with Gasteiger partial charge in [0, 0.05) is 6.42 Å². The monoisotopic (exact) mass is 216 g/mol. The Labute approximate surface area is 86.6 Å². The molecule has 0 amide bonds. The Balaban J connectivity index is 2.08. The van der Waals surface area contributed by atoms with Crippen LogP contribution in [-0.4, -0.2) is 19.3 Å². The molecule has 1 aromatic rings. The summed E-state index contributed by atoms with van der Waals surface area (Å²) in [7, 11) is 0. The average molecular weight is 217 g/mol.